The van der Waals surface area contributed by atoms with E-state index in [0.717, 1.165) is 14.6 Å². The van der Waals surface area contributed by atoms with E-state index in [-0.39, 0.29) is 11.7 Å². The van der Waals surface area contributed by atoms with E-state index < -0.39 is 5.69 Å². The molecule has 0 unspecified atom stereocenters. The van der Waals surface area contributed by atoms with Gasteiger partial charge in [-0.1, -0.05) is 17.4 Å². The first-order valence-electron chi connectivity index (χ1n) is 6.01. The number of aryl methyl sites for hydroxylation is 1. The molecule has 2 N–H and O–H groups in total. The summed E-state index contributed by atoms with van der Waals surface area (Å²) >= 11 is 2.63. The molecule has 7 nitrogen and oxygen atoms in total. The molecule has 3 rings (SSSR count). The smallest absolute Gasteiger partial charge is 0.357 e. The second kappa shape index (κ2) is 5.34. The molecule has 0 spiro atoms. The molecule has 0 fully saturated rings. The van der Waals surface area contributed by atoms with Crippen LogP contribution in [-0.4, -0.2) is 30.8 Å². The highest BCUT2D eigenvalue weighted by molar-refractivity contribution is 8.01. The maximum absolute atomic E-state index is 12.1. The molecule has 0 aliphatic rings. The number of anilines is 1. The Balaban J connectivity index is 1.83. The molecule has 21 heavy (non-hydrogen) atoms. The Kier molecular flexibility index (Phi) is 3.52. The van der Waals surface area contributed by atoms with Gasteiger partial charge in [-0.15, -0.1) is 21.5 Å². The Morgan fingerprint density at radius 3 is 2.95 bits per heavy atom. The lowest BCUT2D eigenvalue weighted by molar-refractivity contribution is 0.0922. The number of hydrogen-bond donors (Lipinski definition) is 1. The monoisotopic (exact) mass is 321 g/mol. The van der Waals surface area contributed by atoms with Gasteiger partial charge in [-0.2, -0.15) is 0 Å². The molecule has 0 radical (unpaired) electrons. The molecular formula is C12H11N5O2S2. The quantitative estimate of drug-likeness (QED) is 0.730. The van der Waals surface area contributed by atoms with Gasteiger partial charge in [0, 0.05) is 6.20 Å². The molecular weight excluding hydrogens is 310 g/mol. The minimum Gasteiger partial charge on any atom is -0.375 e. The van der Waals surface area contributed by atoms with E-state index in [9.17, 15) is 9.59 Å². The highest BCUT2D eigenvalue weighted by Gasteiger charge is 2.15. The van der Waals surface area contributed by atoms with Crippen LogP contribution in [0.4, 0.5) is 5.13 Å². The molecule has 108 valence electrons. The van der Waals surface area contributed by atoms with Crippen LogP contribution in [0.1, 0.15) is 10.5 Å². The fraction of sp³-hybridized carbons (Fsp3) is 0.167. The maximum Gasteiger partial charge on any atom is 0.357 e. The zero-order valence-electron chi connectivity index (χ0n) is 11.0. The van der Waals surface area contributed by atoms with E-state index in [0.29, 0.717) is 10.8 Å². The van der Waals surface area contributed by atoms with Gasteiger partial charge in [0.1, 0.15) is 0 Å². The lowest BCUT2D eigenvalue weighted by atomic mass is 10.5. The fourth-order valence-electron chi connectivity index (χ4n) is 1.81. The number of aromatic nitrogens is 4. The molecule has 0 bridgehead atoms. The lowest BCUT2D eigenvalue weighted by Gasteiger charge is -1.97. The van der Waals surface area contributed by atoms with Gasteiger partial charge in [-0.05, 0) is 19.1 Å². The van der Waals surface area contributed by atoms with Crippen LogP contribution < -0.4 is 11.4 Å². The summed E-state index contributed by atoms with van der Waals surface area (Å²) in [4.78, 5) is 28.3. The summed E-state index contributed by atoms with van der Waals surface area (Å²) in [6.45, 7) is 1.83. The van der Waals surface area contributed by atoms with Crippen LogP contribution in [-0.2, 0) is 0 Å². The van der Waals surface area contributed by atoms with E-state index >= 15 is 0 Å². The third-order valence-corrected chi connectivity index (χ3v) is 5.10. The average Bonchev–Trinajstić information content (AvgIpc) is 2.97. The second-order valence-electron chi connectivity index (χ2n) is 4.23. The largest absolute Gasteiger partial charge is 0.375 e. The Bertz CT molecular complexity index is 879. The van der Waals surface area contributed by atoms with Crippen molar-refractivity contribution in [3.05, 3.63) is 40.6 Å². The number of pyridine rings is 1. The van der Waals surface area contributed by atoms with Gasteiger partial charge < -0.3 is 5.73 Å². The zero-order valence-corrected chi connectivity index (χ0v) is 12.6. The first kappa shape index (κ1) is 13.8. The molecule has 0 saturated heterocycles. The van der Waals surface area contributed by atoms with Crippen LogP contribution >= 0.6 is 23.1 Å². The van der Waals surface area contributed by atoms with Crippen molar-refractivity contribution >= 4 is 39.8 Å². The van der Waals surface area contributed by atoms with Gasteiger partial charge in [-0.25, -0.2) is 14.2 Å². The van der Waals surface area contributed by atoms with Crippen molar-refractivity contribution in [3.63, 3.8) is 0 Å². The molecule has 3 heterocycles. The normalized spacial score (nSPS) is 11.1. The fourth-order valence-corrected chi connectivity index (χ4v) is 3.68. The minimum atomic E-state index is -0.461. The van der Waals surface area contributed by atoms with Crippen LogP contribution in [0.5, 0.6) is 0 Å². The summed E-state index contributed by atoms with van der Waals surface area (Å²) in [6.07, 6.45) is 1.58. The minimum absolute atomic E-state index is 0.103. The Labute approximate surface area is 127 Å². The molecule has 3 aromatic heterocycles. The molecule has 0 aliphatic carbocycles. The van der Waals surface area contributed by atoms with E-state index in [2.05, 4.69) is 10.1 Å². The number of carbonyl (C=O) groups is 1. The Hall–Kier alpha value is -2.13. The Morgan fingerprint density at radius 1 is 1.48 bits per heavy atom. The van der Waals surface area contributed by atoms with Gasteiger partial charge in [0.2, 0.25) is 0 Å². The second-order valence-corrected chi connectivity index (χ2v) is 6.51. The third kappa shape index (κ3) is 2.57. The first-order valence-corrected chi connectivity index (χ1v) is 7.82. The summed E-state index contributed by atoms with van der Waals surface area (Å²) < 4.78 is 3.10. The molecule has 9 heteroatoms. The van der Waals surface area contributed by atoms with E-state index in [4.69, 9.17) is 5.73 Å². The van der Waals surface area contributed by atoms with Crippen molar-refractivity contribution in [2.24, 2.45) is 0 Å². The van der Waals surface area contributed by atoms with Crippen LogP contribution in [0.15, 0.2) is 33.4 Å². The van der Waals surface area contributed by atoms with Crippen molar-refractivity contribution in [3.8, 4) is 0 Å². The number of rotatable bonds is 3. The number of thiazole rings is 1. The van der Waals surface area contributed by atoms with Crippen LogP contribution in [0, 0.1) is 6.92 Å². The molecule has 3 aromatic rings. The number of carbonyl (C=O) groups excluding carboxylic acids is 1. The van der Waals surface area contributed by atoms with Gasteiger partial charge >= 0.3 is 5.69 Å². The summed E-state index contributed by atoms with van der Waals surface area (Å²) in [5, 5.41) is 4.48. The number of fused-ring (bicyclic) bond motifs is 1. The molecule has 0 atom stereocenters. The van der Waals surface area contributed by atoms with Crippen LogP contribution in [0.3, 0.4) is 0 Å². The van der Waals surface area contributed by atoms with Gasteiger partial charge in [0.05, 0.1) is 15.7 Å². The predicted molar refractivity (Wildman–Crippen MR) is 82.1 cm³/mol. The summed E-state index contributed by atoms with van der Waals surface area (Å²) in [5.74, 6) is -0.271. The highest BCUT2D eigenvalue weighted by Crippen LogP contribution is 2.30. The number of nitrogen functional groups attached to an aromatic ring is 1. The van der Waals surface area contributed by atoms with Crippen molar-refractivity contribution in [1.82, 2.24) is 19.2 Å². The molecule has 0 saturated carbocycles. The van der Waals surface area contributed by atoms with Crippen LogP contribution in [0.25, 0.3) is 5.65 Å². The Morgan fingerprint density at radius 2 is 2.29 bits per heavy atom. The number of nitrogens with zero attached hydrogens (tertiary/aromatic N) is 4. The zero-order chi connectivity index (χ0) is 15.0. The van der Waals surface area contributed by atoms with Crippen molar-refractivity contribution < 1.29 is 4.79 Å². The predicted octanol–water partition coefficient (Wildman–Crippen LogP) is 1.28. The SMILES string of the molecule is Cc1nc(N)sc1SCC(=O)n1nc2ccccn2c1=O. The van der Waals surface area contributed by atoms with Crippen molar-refractivity contribution in [2.45, 2.75) is 11.1 Å². The maximum atomic E-state index is 12.1. The van der Waals surface area contributed by atoms with Gasteiger partial charge in [0.25, 0.3) is 5.91 Å². The number of hydrogen-bond acceptors (Lipinski definition) is 7. The first-order chi connectivity index (χ1) is 10.1. The molecule has 0 aliphatic heterocycles. The van der Waals surface area contributed by atoms with Gasteiger partial charge in [0.15, 0.2) is 10.8 Å². The average molecular weight is 321 g/mol. The topological polar surface area (TPSA) is 95.3 Å². The van der Waals surface area contributed by atoms with Crippen LogP contribution in [0.2, 0.25) is 0 Å². The summed E-state index contributed by atoms with van der Waals surface area (Å²) in [7, 11) is 0. The highest BCUT2D eigenvalue weighted by atomic mass is 32.2. The van der Waals surface area contributed by atoms with E-state index in [1.807, 2.05) is 6.92 Å². The van der Waals surface area contributed by atoms with Crippen molar-refractivity contribution in [1.29, 1.82) is 0 Å². The number of nitrogens with two attached hydrogens (primary N) is 1. The summed E-state index contributed by atoms with van der Waals surface area (Å²) in [5.41, 5.74) is 6.38. The van der Waals surface area contributed by atoms with E-state index in [1.165, 1.54) is 27.5 Å². The standard InChI is InChI=1S/C12H11N5O2S2/c1-7-10(21-11(13)14-7)20-6-9(18)17-12(19)16-5-3-2-4-8(16)15-17/h2-5H,6H2,1H3,(H2,13,14). The van der Waals surface area contributed by atoms with Crippen molar-refractivity contribution in [2.75, 3.05) is 11.5 Å². The lowest BCUT2D eigenvalue weighted by Crippen LogP contribution is -2.28. The van der Waals surface area contributed by atoms with E-state index in [1.54, 1.807) is 24.4 Å². The molecule has 0 amide bonds. The number of thioether (sulfide) groups is 1. The summed E-state index contributed by atoms with van der Waals surface area (Å²) in [6, 6.07) is 5.14. The third-order valence-electron chi connectivity index (χ3n) is 2.76. The van der Waals surface area contributed by atoms with Gasteiger partial charge in [-0.3, -0.25) is 4.79 Å². The molecule has 0 aromatic carbocycles.